The average Bonchev–Trinajstić information content (AvgIpc) is 3.50. The zero-order valence-electron chi connectivity index (χ0n) is 18.3. The Bertz CT molecular complexity index is 1240. The third kappa shape index (κ3) is 4.19. The molecule has 0 radical (unpaired) electrons. The normalized spacial score (nSPS) is 15.2. The van der Waals surface area contributed by atoms with Gasteiger partial charge in [0, 0.05) is 30.4 Å². The van der Waals surface area contributed by atoms with Crippen molar-refractivity contribution in [3.05, 3.63) is 66.2 Å². The monoisotopic (exact) mass is 444 g/mol. The molecule has 3 aromatic rings. The molecule has 2 aliphatic rings. The second kappa shape index (κ2) is 8.82. The van der Waals surface area contributed by atoms with Crippen LogP contribution in [0.5, 0.6) is 0 Å². The molecule has 0 spiro atoms. The zero-order chi connectivity index (χ0) is 22.8. The Morgan fingerprint density at radius 2 is 1.91 bits per heavy atom. The first kappa shape index (κ1) is 20.8. The number of rotatable bonds is 5. The predicted molar refractivity (Wildman–Crippen MR) is 126 cm³/mol. The molecule has 1 amide bonds. The molecule has 8 nitrogen and oxygen atoms in total. The summed E-state index contributed by atoms with van der Waals surface area (Å²) in [6.45, 7) is 4.05. The molecule has 5 rings (SSSR count). The summed E-state index contributed by atoms with van der Waals surface area (Å²) in [5.74, 6) is -0.433. The summed E-state index contributed by atoms with van der Waals surface area (Å²) < 4.78 is 10.6. The summed E-state index contributed by atoms with van der Waals surface area (Å²) in [6, 6.07) is 13.5. The van der Waals surface area contributed by atoms with Crippen LogP contribution in [0.2, 0.25) is 0 Å². The quantitative estimate of drug-likeness (QED) is 0.558. The molecule has 0 atom stereocenters. The Hall–Kier alpha value is -4.07. The van der Waals surface area contributed by atoms with E-state index in [1.165, 1.54) is 25.3 Å². The van der Waals surface area contributed by atoms with Gasteiger partial charge in [-0.2, -0.15) is 0 Å². The molecule has 8 heteroatoms. The number of carbonyl (C=O) groups is 2. The van der Waals surface area contributed by atoms with Gasteiger partial charge in [0.25, 0.3) is 5.91 Å². The minimum absolute atomic E-state index is 0.120. The number of nitrogens with zero attached hydrogens (tertiary/aromatic N) is 2. The van der Waals surface area contributed by atoms with Crippen molar-refractivity contribution >= 4 is 34.6 Å². The van der Waals surface area contributed by atoms with E-state index >= 15 is 0 Å². The molecule has 3 heterocycles. The number of carbonyl (C=O) groups excluding carboxylic acids is 2. The Labute approximate surface area is 191 Å². The van der Waals surface area contributed by atoms with Gasteiger partial charge in [-0.15, -0.1) is 0 Å². The fourth-order valence-electron chi connectivity index (χ4n) is 4.18. The molecule has 33 heavy (non-hydrogen) atoms. The van der Waals surface area contributed by atoms with Crippen LogP contribution in [0.1, 0.15) is 35.8 Å². The third-order valence-electron chi connectivity index (χ3n) is 5.75. The van der Waals surface area contributed by atoms with Crippen LogP contribution in [-0.2, 0) is 9.53 Å². The lowest BCUT2D eigenvalue weighted by atomic mass is 10.0. The fraction of sp³-hybridized carbons (Fsp3) is 0.240. The highest BCUT2D eigenvalue weighted by atomic mass is 16.5. The first-order valence-electron chi connectivity index (χ1n) is 11.0. The fourth-order valence-corrected chi connectivity index (χ4v) is 4.18. The van der Waals surface area contributed by atoms with Gasteiger partial charge in [0.2, 0.25) is 0 Å². The van der Waals surface area contributed by atoms with Gasteiger partial charge in [0.05, 0.1) is 23.7 Å². The maximum Gasteiger partial charge on any atom is 0.360 e. The van der Waals surface area contributed by atoms with Crippen LogP contribution in [-0.4, -0.2) is 36.6 Å². The summed E-state index contributed by atoms with van der Waals surface area (Å²) in [5, 5.41) is 6.35. The maximum absolute atomic E-state index is 12.7. The van der Waals surface area contributed by atoms with E-state index in [1.54, 1.807) is 6.92 Å². The lowest BCUT2D eigenvalue weighted by Crippen LogP contribution is -2.18. The Balaban J connectivity index is 1.45. The predicted octanol–water partition coefficient (Wildman–Crippen LogP) is 4.52. The van der Waals surface area contributed by atoms with E-state index in [9.17, 15) is 9.59 Å². The summed E-state index contributed by atoms with van der Waals surface area (Å²) in [6.07, 6.45) is 5.12. The van der Waals surface area contributed by atoms with Crippen molar-refractivity contribution < 1.29 is 18.7 Å². The van der Waals surface area contributed by atoms with Gasteiger partial charge in [-0.3, -0.25) is 4.79 Å². The zero-order valence-corrected chi connectivity index (χ0v) is 18.3. The van der Waals surface area contributed by atoms with Gasteiger partial charge >= 0.3 is 5.97 Å². The Morgan fingerprint density at radius 1 is 1.09 bits per heavy atom. The van der Waals surface area contributed by atoms with E-state index in [0.717, 1.165) is 35.7 Å². The highest BCUT2D eigenvalue weighted by Crippen LogP contribution is 2.34. The SMILES string of the molecule is CCOC(=O)c1ncoc1-c1cccc(C2=CC(=O)Nc3cc(N4CCCC4)ccc3N2)c1. The number of anilines is 3. The van der Waals surface area contributed by atoms with Crippen molar-refractivity contribution in [2.45, 2.75) is 19.8 Å². The second-order valence-electron chi connectivity index (χ2n) is 7.93. The van der Waals surface area contributed by atoms with E-state index < -0.39 is 5.97 Å². The highest BCUT2D eigenvalue weighted by molar-refractivity contribution is 6.10. The first-order chi connectivity index (χ1) is 16.1. The smallest absolute Gasteiger partial charge is 0.360 e. The number of nitrogens with one attached hydrogen (secondary N) is 2. The largest absolute Gasteiger partial charge is 0.461 e. The molecule has 168 valence electrons. The van der Waals surface area contributed by atoms with Crippen molar-refractivity contribution in [1.29, 1.82) is 0 Å². The standard InChI is InChI=1S/C25H24N4O4/c1-2-32-25(31)23-24(33-15-26-23)17-7-5-6-16(12-17)20-14-22(30)28-21-13-18(8-9-19(21)27-20)29-10-3-4-11-29/h5-9,12-15,27H,2-4,10-11H2,1H3,(H,28,30). The molecule has 1 fully saturated rings. The number of hydrogen-bond acceptors (Lipinski definition) is 7. The molecule has 2 aliphatic heterocycles. The second-order valence-corrected chi connectivity index (χ2v) is 7.93. The minimum Gasteiger partial charge on any atom is -0.461 e. The number of hydrogen-bond donors (Lipinski definition) is 2. The lowest BCUT2D eigenvalue weighted by Gasteiger charge is -2.20. The summed E-state index contributed by atoms with van der Waals surface area (Å²) in [4.78, 5) is 31.2. The molecule has 0 bridgehead atoms. The lowest BCUT2D eigenvalue weighted by molar-refractivity contribution is -0.111. The number of benzene rings is 2. The molecule has 1 saturated heterocycles. The number of esters is 1. The van der Waals surface area contributed by atoms with Crippen LogP contribution in [0.3, 0.4) is 0 Å². The van der Waals surface area contributed by atoms with Crippen LogP contribution in [0.4, 0.5) is 17.1 Å². The molecule has 0 aliphatic carbocycles. The van der Waals surface area contributed by atoms with Gasteiger partial charge in [-0.25, -0.2) is 9.78 Å². The highest BCUT2D eigenvalue weighted by Gasteiger charge is 2.21. The maximum atomic E-state index is 12.7. The molecule has 2 aromatic carbocycles. The summed E-state index contributed by atoms with van der Waals surface area (Å²) in [5.41, 5.74) is 4.85. The molecular weight excluding hydrogens is 420 g/mol. The number of oxazole rings is 1. The Kier molecular flexibility index (Phi) is 5.56. The average molecular weight is 444 g/mol. The Morgan fingerprint density at radius 3 is 2.73 bits per heavy atom. The number of amides is 1. The first-order valence-corrected chi connectivity index (χ1v) is 11.0. The van der Waals surface area contributed by atoms with Gasteiger partial charge in [-0.1, -0.05) is 18.2 Å². The van der Waals surface area contributed by atoms with Gasteiger partial charge < -0.3 is 24.7 Å². The van der Waals surface area contributed by atoms with E-state index in [4.69, 9.17) is 9.15 Å². The van der Waals surface area contributed by atoms with E-state index in [0.29, 0.717) is 17.0 Å². The topological polar surface area (TPSA) is 96.7 Å². The van der Waals surface area contributed by atoms with Crippen molar-refractivity contribution in [2.24, 2.45) is 0 Å². The number of aromatic nitrogens is 1. The molecule has 0 saturated carbocycles. The van der Waals surface area contributed by atoms with Crippen LogP contribution >= 0.6 is 0 Å². The van der Waals surface area contributed by atoms with E-state index in [-0.39, 0.29) is 18.2 Å². The van der Waals surface area contributed by atoms with Crippen LogP contribution < -0.4 is 15.5 Å². The van der Waals surface area contributed by atoms with Crippen LogP contribution in [0.15, 0.2) is 59.4 Å². The van der Waals surface area contributed by atoms with E-state index in [2.05, 4.69) is 26.6 Å². The van der Waals surface area contributed by atoms with Crippen molar-refractivity contribution in [2.75, 3.05) is 35.2 Å². The summed E-state index contributed by atoms with van der Waals surface area (Å²) >= 11 is 0. The number of fused-ring (bicyclic) bond motifs is 1. The number of ether oxygens (including phenoxy) is 1. The van der Waals surface area contributed by atoms with Crippen LogP contribution in [0.25, 0.3) is 17.0 Å². The molecular formula is C25H24N4O4. The molecule has 1 aromatic heterocycles. The van der Waals surface area contributed by atoms with Gasteiger partial charge in [0.15, 0.2) is 17.8 Å². The van der Waals surface area contributed by atoms with E-state index in [1.807, 2.05) is 36.4 Å². The van der Waals surface area contributed by atoms with Crippen molar-refractivity contribution in [3.63, 3.8) is 0 Å². The van der Waals surface area contributed by atoms with Gasteiger partial charge in [-0.05, 0) is 49.6 Å². The summed E-state index contributed by atoms with van der Waals surface area (Å²) in [7, 11) is 0. The molecule has 0 unspecified atom stereocenters. The van der Waals surface area contributed by atoms with Crippen LogP contribution in [0, 0.1) is 0 Å². The van der Waals surface area contributed by atoms with Crippen molar-refractivity contribution in [3.8, 4) is 11.3 Å². The third-order valence-corrected chi connectivity index (χ3v) is 5.75. The minimum atomic E-state index is -0.541. The van der Waals surface area contributed by atoms with Crippen molar-refractivity contribution in [1.82, 2.24) is 4.98 Å². The molecule has 2 N–H and O–H groups in total. The van der Waals surface area contributed by atoms with Gasteiger partial charge in [0.1, 0.15) is 0 Å².